The predicted octanol–water partition coefficient (Wildman–Crippen LogP) is 3.26. The lowest BCUT2D eigenvalue weighted by molar-refractivity contribution is 0.109. The number of halogens is 1. The van der Waals surface area contributed by atoms with Gasteiger partial charge in [0.15, 0.2) is 24.1 Å². The molecule has 0 aliphatic carbocycles. The number of aryl methyl sites for hydroxylation is 1. The van der Waals surface area contributed by atoms with Gasteiger partial charge < -0.3 is 8.83 Å². The average molecular weight is 285 g/mol. The van der Waals surface area contributed by atoms with Crippen molar-refractivity contribution in [3.8, 4) is 0 Å². The highest BCUT2D eigenvalue weighted by atomic mass is 79.9. The molecule has 0 saturated heterocycles. The first-order valence-electron chi connectivity index (χ1n) is 4.35. The van der Waals surface area contributed by atoms with Crippen LogP contribution in [0.2, 0.25) is 0 Å². The molecule has 0 aromatic carbocycles. The van der Waals surface area contributed by atoms with E-state index >= 15 is 0 Å². The molecule has 2 aromatic rings. The summed E-state index contributed by atoms with van der Waals surface area (Å²) in [6.07, 6.45) is 4.35. The quantitative estimate of drug-likeness (QED) is 0.794. The van der Waals surface area contributed by atoms with E-state index in [-0.39, 0.29) is 0 Å². The minimum absolute atomic E-state index is 0.344. The first kappa shape index (κ1) is 12.4. The van der Waals surface area contributed by atoms with Gasteiger partial charge in [0.1, 0.15) is 6.26 Å². The maximum atomic E-state index is 9.93. The topological polar surface area (TPSA) is 60.4 Å². The molecule has 0 bridgehead atoms. The Hall–Kier alpha value is -1.62. The number of carbonyl (C=O) groups is 2. The summed E-state index contributed by atoms with van der Waals surface area (Å²) >= 11 is 3.12. The van der Waals surface area contributed by atoms with Gasteiger partial charge in [0.05, 0.1) is 10.7 Å². The van der Waals surface area contributed by atoms with Crippen molar-refractivity contribution in [2.24, 2.45) is 0 Å². The summed E-state index contributed by atoms with van der Waals surface area (Å²) in [5.41, 5.74) is 0.979. The number of hydrogen-bond donors (Lipinski definition) is 0. The van der Waals surface area contributed by atoms with Gasteiger partial charge in [-0.3, -0.25) is 9.59 Å². The Balaban J connectivity index is 0.000000160. The Morgan fingerprint density at radius 3 is 1.88 bits per heavy atom. The van der Waals surface area contributed by atoms with Crippen LogP contribution in [-0.4, -0.2) is 12.6 Å². The smallest absolute Gasteiger partial charge is 0.185 e. The second kappa shape index (κ2) is 6.07. The molecule has 2 rings (SSSR count). The summed E-state index contributed by atoms with van der Waals surface area (Å²) in [6.45, 7) is 1.87. The molecule has 0 aliphatic rings. The average Bonchev–Trinajstić information content (AvgIpc) is 2.88. The lowest BCUT2D eigenvalue weighted by atomic mass is 10.3. The summed E-state index contributed by atoms with van der Waals surface area (Å²) in [7, 11) is 0. The van der Waals surface area contributed by atoms with E-state index in [1.54, 1.807) is 18.4 Å². The van der Waals surface area contributed by atoms with Gasteiger partial charge in [-0.15, -0.1) is 0 Å². The molecule has 2 heterocycles. The molecule has 0 atom stereocenters. The number of aldehydes is 2. The van der Waals surface area contributed by atoms with E-state index in [0.29, 0.717) is 24.1 Å². The monoisotopic (exact) mass is 284 g/mol. The Kier molecular flexibility index (Phi) is 4.72. The maximum Gasteiger partial charge on any atom is 0.185 e. The van der Waals surface area contributed by atoms with Gasteiger partial charge in [0, 0.05) is 6.07 Å². The molecule has 0 N–H and O–H groups in total. The molecule has 0 aliphatic heterocycles. The van der Waals surface area contributed by atoms with Crippen LogP contribution in [0, 0.1) is 6.92 Å². The van der Waals surface area contributed by atoms with Crippen molar-refractivity contribution in [1.82, 2.24) is 0 Å². The van der Waals surface area contributed by atoms with E-state index in [1.165, 1.54) is 6.26 Å². The molecular weight excluding hydrogens is 276 g/mol. The maximum absolute atomic E-state index is 9.93. The molecule has 2 aromatic heterocycles. The van der Waals surface area contributed by atoms with Crippen LogP contribution in [0.5, 0.6) is 0 Å². The van der Waals surface area contributed by atoms with Gasteiger partial charge in [0.2, 0.25) is 0 Å². The zero-order chi connectivity index (χ0) is 12.0. The highest BCUT2D eigenvalue weighted by molar-refractivity contribution is 9.10. The van der Waals surface area contributed by atoms with Crippen molar-refractivity contribution >= 4 is 28.5 Å². The van der Waals surface area contributed by atoms with Crippen LogP contribution in [0.3, 0.4) is 0 Å². The first-order valence-corrected chi connectivity index (χ1v) is 5.14. The molecule has 5 heteroatoms. The first-order chi connectivity index (χ1) is 7.65. The van der Waals surface area contributed by atoms with Crippen LogP contribution in [0.15, 0.2) is 38.0 Å². The van der Waals surface area contributed by atoms with Crippen LogP contribution < -0.4 is 0 Å². The molecule has 0 unspecified atom stereocenters. The van der Waals surface area contributed by atoms with E-state index in [0.717, 1.165) is 10.0 Å². The third-order valence-corrected chi connectivity index (χ3v) is 1.99. The van der Waals surface area contributed by atoms with Crippen LogP contribution in [0.25, 0.3) is 0 Å². The Morgan fingerprint density at radius 2 is 1.62 bits per heavy atom. The van der Waals surface area contributed by atoms with Gasteiger partial charge >= 0.3 is 0 Å². The largest absolute Gasteiger partial charge is 0.461 e. The Bertz CT molecular complexity index is 426. The Morgan fingerprint density at radius 1 is 1.06 bits per heavy atom. The number of carbonyl (C=O) groups excluding carboxylic acids is 2. The zero-order valence-electron chi connectivity index (χ0n) is 8.48. The third kappa shape index (κ3) is 3.86. The van der Waals surface area contributed by atoms with Crippen molar-refractivity contribution in [2.45, 2.75) is 6.92 Å². The van der Waals surface area contributed by atoms with Crippen molar-refractivity contribution in [3.63, 3.8) is 0 Å². The molecular formula is C11H9BrO4. The van der Waals surface area contributed by atoms with Gasteiger partial charge in [-0.25, -0.2) is 0 Å². The normalized spacial score (nSPS) is 9.12. The van der Waals surface area contributed by atoms with E-state index in [9.17, 15) is 9.59 Å². The van der Waals surface area contributed by atoms with Gasteiger partial charge in [-0.05, 0) is 34.5 Å². The van der Waals surface area contributed by atoms with Crippen molar-refractivity contribution in [3.05, 3.63) is 46.2 Å². The summed E-state index contributed by atoms with van der Waals surface area (Å²) in [4.78, 5) is 19.8. The highest BCUT2D eigenvalue weighted by Gasteiger charge is 1.93. The van der Waals surface area contributed by atoms with Crippen LogP contribution in [-0.2, 0) is 0 Å². The SMILES string of the molecule is Cc1coc(C=O)c1.O=Cc1cc(Br)co1. The van der Waals surface area contributed by atoms with Crippen molar-refractivity contribution in [1.29, 1.82) is 0 Å². The summed E-state index contributed by atoms with van der Waals surface area (Å²) in [6, 6.07) is 3.29. The standard InChI is InChI=1S/C6H6O2.C5H3BrO2/c1-5-2-6(3-7)8-4-5;6-4-1-5(2-7)8-3-4/h2-4H,1H3;1-3H. The third-order valence-electron chi connectivity index (χ3n) is 1.57. The van der Waals surface area contributed by atoms with E-state index in [2.05, 4.69) is 15.9 Å². The summed E-state index contributed by atoms with van der Waals surface area (Å²) in [5.74, 6) is 0.736. The van der Waals surface area contributed by atoms with Crippen molar-refractivity contribution < 1.29 is 18.4 Å². The molecule has 16 heavy (non-hydrogen) atoms. The fourth-order valence-corrected chi connectivity index (χ4v) is 1.22. The number of furan rings is 2. The second-order valence-electron chi connectivity index (χ2n) is 2.93. The van der Waals surface area contributed by atoms with Crippen molar-refractivity contribution in [2.75, 3.05) is 0 Å². The van der Waals surface area contributed by atoms with Crippen LogP contribution in [0.1, 0.15) is 26.7 Å². The molecule has 0 fully saturated rings. The molecule has 0 radical (unpaired) electrons. The highest BCUT2D eigenvalue weighted by Crippen LogP contribution is 2.11. The Labute approximate surface area is 100 Å². The molecule has 0 saturated carbocycles. The summed E-state index contributed by atoms with van der Waals surface area (Å²) < 4.78 is 10.2. The van der Waals surface area contributed by atoms with Gasteiger partial charge in [-0.2, -0.15) is 0 Å². The van der Waals surface area contributed by atoms with Crippen LogP contribution in [0.4, 0.5) is 0 Å². The number of rotatable bonds is 2. The van der Waals surface area contributed by atoms with Gasteiger partial charge in [-0.1, -0.05) is 0 Å². The van der Waals surface area contributed by atoms with Gasteiger partial charge in [0.25, 0.3) is 0 Å². The lowest BCUT2D eigenvalue weighted by Crippen LogP contribution is -1.66. The fourth-order valence-electron chi connectivity index (χ4n) is 0.905. The fraction of sp³-hybridized carbons (Fsp3) is 0.0909. The van der Waals surface area contributed by atoms with Crippen LogP contribution >= 0.6 is 15.9 Å². The van der Waals surface area contributed by atoms with E-state index in [4.69, 9.17) is 8.83 Å². The molecule has 4 nitrogen and oxygen atoms in total. The summed E-state index contributed by atoms with van der Waals surface area (Å²) in [5, 5.41) is 0. The minimum atomic E-state index is 0.344. The van der Waals surface area contributed by atoms with E-state index in [1.807, 2.05) is 6.92 Å². The lowest BCUT2D eigenvalue weighted by Gasteiger charge is -1.69. The van der Waals surface area contributed by atoms with E-state index < -0.39 is 0 Å². The predicted molar refractivity (Wildman–Crippen MR) is 60.6 cm³/mol. The molecule has 0 spiro atoms. The molecule has 0 amide bonds. The minimum Gasteiger partial charge on any atom is -0.461 e. The second-order valence-corrected chi connectivity index (χ2v) is 3.85. The zero-order valence-corrected chi connectivity index (χ0v) is 10.1. The number of hydrogen-bond acceptors (Lipinski definition) is 4. The molecule has 84 valence electrons.